The Labute approximate surface area is 203 Å². The lowest BCUT2D eigenvalue weighted by Crippen LogP contribution is -2.27. The second-order valence-electron chi connectivity index (χ2n) is 7.29. The van der Waals surface area contributed by atoms with Crippen molar-refractivity contribution in [1.29, 1.82) is 0 Å². The average Bonchev–Trinajstić information content (AvgIpc) is 3.07. The van der Waals surface area contributed by atoms with Gasteiger partial charge in [-0.1, -0.05) is 41.9 Å². The number of hydrogen-bond acceptors (Lipinski definition) is 5. The summed E-state index contributed by atoms with van der Waals surface area (Å²) < 4.78 is 38.3. The number of ether oxygens (including phenoxy) is 2. The minimum atomic E-state index is -0.504. The van der Waals surface area contributed by atoms with E-state index < -0.39 is 17.0 Å². The van der Waals surface area contributed by atoms with E-state index in [0.717, 1.165) is 22.7 Å². The molecule has 174 valence electrons. The number of hydrogen-bond donors (Lipinski definition) is 0. The lowest BCUT2D eigenvalue weighted by atomic mass is 10.1. The highest BCUT2D eigenvalue weighted by molar-refractivity contribution is 8.18. The molecule has 0 atom stereocenters. The van der Waals surface area contributed by atoms with Crippen molar-refractivity contribution in [2.75, 3.05) is 7.11 Å². The molecule has 34 heavy (non-hydrogen) atoms. The Hall–Kier alpha value is -3.36. The van der Waals surface area contributed by atoms with Gasteiger partial charge in [0.05, 0.1) is 18.6 Å². The van der Waals surface area contributed by atoms with Crippen LogP contribution < -0.4 is 9.47 Å². The van der Waals surface area contributed by atoms with Crippen LogP contribution in [0.2, 0.25) is 5.02 Å². The van der Waals surface area contributed by atoms with Crippen LogP contribution in [0, 0.1) is 11.6 Å². The van der Waals surface area contributed by atoms with Crippen LogP contribution >= 0.6 is 23.4 Å². The predicted molar refractivity (Wildman–Crippen MR) is 127 cm³/mol. The molecule has 1 heterocycles. The summed E-state index contributed by atoms with van der Waals surface area (Å²) >= 11 is 6.83. The smallest absolute Gasteiger partial charge is 0.293 e. The van der Waals surface area contributed by atoms with E-state index in [-0.39, 0.29) is 28.9 Å². The van der Waals surface area contributed by atoms with Gasteiger partial charge in [-0.3, -0.25) is 14.5 Å². The third-order valence-electron chi connectivity index (χ3n) is 5.04. The zero-order chi connectivity index (χ0) is 24.2. The molecule has 4 rings (SSSR count). The van der Waals surface area contributed by atoms with Gasteiger partial charge in [-0.15, -0.1) is 0 Å². The molecule has 1 fully saturated rings. The largest absolute Gasteiger partial charge is 0.493 e. The van der Waals surface area contributed by atoms with Crippen LogP contribution in [0.4, 0.5) is 13.6 Å². The Morgan fingerprint density at radius 2 is 1.79 bits per heavy atom. The van der Waals surface area contributed by atoms with E-state index >= 15 is 0 Å². The molecular formula is C25H18ClF2NO4S. The standard InChI is InChI=1S/C25H18ClF2NO4S/c1-32-21-9-6-15(10-22(21)33-14-17-4-2-3-5-20(17)28)11-23-24(30)29(25(31)34-23)13-16-7-8-18(27)12-19(16)26/h2-12H,13-14H2,1H3/b23-11-. The third kappa shape index (κ3) is 5.24. The molecule has 5 nitrogen and oxygen atoms in total. The van der Waals surface area contributed by atoms with Crippen molar-refractivity contribution in [3.8, 4) is 11.5 Å². The Balaban J connectivity index is 1.54. The summed E-state index contributed by atoms with van der Waals surface area (Å²) in [5.41, 5.74) is 1.44. The lowest BCUT2D eigenvalue weighted by molar-refractivity contribution is -0.123. The van der Waals surface area contributed by atoms with Gasteiger partial charge in [0, 0.05) is 10.6 Å². The molecule has 0 saturated carbocycles. The molecular weight excluding hydrogens is 484 g/mol. The third-order valence-corrected chi connectivity index (χ3v) is 6.30. The van der Waals surface area contributed by atoms with E-state index in [0.29, 0.717) is 28.2 Å². The number of methoxy groups -OCH3 is 1. The van der Waals surface area contributed by atoms with Crippen LogP contribution in [0.1, 0.15) is 16.7 Å². The Bertz CT molecular complexity index is 1300. The highest BCUT2D eigenvalue weighted by Crippen LogP contribution is 2.36. The molecule has 0 N–H and O–H groups in total. The number of carbonyl (C=O) groups is 2. The molecule has 1 aliphatic heterocycles. The normalized spacial score (nSPS) is 14.7. The molecule has 0 radical (unpaired) electrons. The number of amides is 2. The maximum Gasteiger partial charge on any atom is 0.293 e. The monoisotopic (exact) mass is 501 g/mol. The van der Waals surface area contributed by atoms with Gasteiger partial charge in [0.25, 0.3) is 11.1 Å². The zero-order valence-corrected chi connectivity index (χ0v) is 19.5. The zero-order valence-electron chi connectivity index (χ0n) is 17.9. The minimum Gasteiger partial charge on any atom is -0.493 e. The van der Waals surface area contributed by atoms with Crippen LogP contribution in [0.3, 0.4) is 0 Å². The van der Waals surface area contributed by atoms with Gasteiger partial charge in [-0.2, -0.15) is 0 Å². The first-order valence-electron chi connectivity index (χ1n) is 10.1. The van der Waals surface area contributed by atoms with Gasteiger partial charge in [-0.25, -0.2) is 8.78 Å². The summed E-state index contributed by atoms with van der Waals surface area (Å²) in [7, 11) is 1.48. The van der Waals surface area contributed by atoms with Gasteiger partial charge in [0.1, 0.15) is 18.2 Å². The fraction of sp³-hybridized carbons (Fsp3) is 0.120. The van der Waals surface area contributed by atoms with Crippen LogP contribution in [0.5, 0.6) is 11.5 Å². The van der Waals surface area contributed by atoms with Crippen molar-refractivity contribution >= 4 is 40.6 Å². The van der Waals surface area contributed by atoms with Gasteiger partial charge in [0.15, 0.2) is 11.5 Å². The Morgan fingerprint density at radius 3 is 2.53 bits per heavy atom. The Morgan fingerprint density at radius 1 is 1.00 bits per heavy atom. The fourth-order valence-corrected chi connectivity index (χ4v) is 4.34. The van der Waals surface area contributed by atoms with E-state index in [4.69, 9.17) is 21.1 Å². The van der Waals surface area contributed by atoms with Crippen molar-refractivity contribution in [3.63, 3.8) is 0 Å². The van der Waals surface area contributed by atoms with E-state index in [1.54, 1.807) is 42.5 Å². The van der Waals surface area contributed by atoms with Crippen molar-refractivity contribution in [3.05, 3.63) is 98.9 Å². The molecule has 0 bridgehead atoms. The van der Waals surface area contributed by atoms with Crippen LogP contribution in [0.15, 0.2) is 65.6 Å². The second-order valence-corrected chi connectivity index (χ2v) is 8.69. The Kier molecular flexibility index (Phi) is 7.19. The number of imide groups is 1. The number of benzene rings is 3. The molecule has 2 amide bonds. The molecule has 3 aromatic carbocycles. The van der Waals surface area contributed by atoms with E-state index in [2.05, 4.69) is 0 Å². The summed E-state index contributed by atoms with van der Waals surface area (Å²) in [4.78, 5) is 26.6. The maximum absolute atomic E-state index is 13.9. The van der Waals surface area contributed by atoms with E-state index in [9.17, 15) is 18.4 Å². The summed E-state index contributed by atoms with van der Waals surface area (Å²) in [5.74, 6) is -0.577. The van der Waals surface area contributed by atoms with Gasteiger partial charge >= 0.3 is 0 Å². The van der Waals surface area contributed by atoms with Crippen molar-refractivity contribution in [1.82, 2.24) is 4.90 Å². The van der Waals surface area contributed by atoms with Gasteiger partial charge in [-0.05, 0) is 59.3 Å². The first kappa shape index (κ1) is 23.8. The molecule has 1 aliphatic rings. The highest BCUT2D eigenvalue weighted by atomic mass is 35.5. The summed E-state index contributed by atoms with van der Waals surface area (Å²) in [6.07, 6.45) is 1.56. The average molecular weight is 502 g/mol. The predicted octanol–water partition coefficient (Wildman–Crippen LogP) is 6.44. The molecule has 0 unspecified atom stereocenters. The van der Waals surface area contributed by atoms with Crippen molar-refractivity contribution in [2.24, 2.45) is 0 Å². The summed E-state index contributed by atoms with van der Waals surface area (Å²) in [6.45, 7) is -0.0812. The van der Waals surface area contributed by atoms with Crippen LogP contribution in [-0.2, 0) is 17.9 Å². The fourth-order valence-electron chi connectivity index (χ4n) is 3.27. The quantitative estimate of drug-likeness (QED) is 0.349. The first-order valence-corrected chi connectivity index (χ1v) is 11.3. The lowest BCUT2D eigenvalue weighted by Gasteiger charge is -2.13. The maximum atomic E-state index is 13.9. The number of carbonyl (C=O) groups excluding carboxylic acids is 2. The van der Waals surface area contributed by atoms with E-state index in [1.165, 1.54) is 25.3 Å². The molecule has 0 aliphatic carbocycles. The molecule has 0 spiro atoms. The molecule has 1 saturated heterocycles. The van der Waals surface area contributed by atoms with Crippen molar-refractivity contribution < 1.29 is 27.8 Å². The molecule has 0 aromatic heterocycles. The number of halogens is 3. The van der Waals surface area contributed by atoms with Crippen molar-refractivity contribution in [2.45, 2.75) is 13.2 Å². The second kappa shape index (κ2) is 10.3. The van der Waals surface area contributed by atoms with E-state index in [1.807, 2.05) is 0 Å². The SMILES string of the molecule is COc1ccc(/C=C2\SC(=O)N(Cc3ccc(F)cc3Cl)C2=O)cc1OCc1ccccc1F. The van der Waals surface area contributed by atoms with Crippen LogP contribution in [-0.4, -0.2) is 23.2 Å². The number of thioether (sulfide) groups is 1. The minimum absolute atomic E-state index is 0.0125. The molecule has 3 aromatic rings. The van der Waals surface area contributed by atoms with Gasteiger partial charge in [0.2, 0.25) is 0 Å². The number of rotatable bonds is 7. The topological polar surface area (TPSA) is 55.8 Å². The van der Waals surface area contributed by atoms with Crippen LogP contribution in [0.25, 0.3) is 6.08 Å². The molecule has 9 heteroatoms. The first-order chi connectivity index (χ1) is 16.4. The number of nitrogens with zero attached hydrogens (tertiary/aromatic N) is 1. The summed E-state index contributed by atoms with van der Waals surface area (Å²) in [6, 6.07) is 15.1. The highest BCUT2D eigenvalue weighted by Gasteiger charge is 2.35. The summed E-state index contributed by atoms with van der Waals surface area (Å²) in [5, 5.41) is -0.323. The van der Waals surface area contributed by atoms with Gasteiger partial charge < -0.3 is 9.47 Å².